The van der Waals surface area contributed by atoms with E-state index in [1.54, 1.807) is 22.4 Å². The van der Waals surface area contributed by atoms with Crippen molar-refractivity contribution in [2.75, 3.05) is 11.6 Å². The van der Waals surface area contributed by atoms with Crippen LogP contribution < -0.4 is 10.9 Å². The molecule has 32 heavy (non-hydrogen) atoms. The summed E-state index contributed by atoms with van der Waals surface area (Å²) in [5.41, 5.74) is 2.97. The van der Waals surface area contributed by atoms with Gasteiger partial charge in [-0.05, 0) is 56.0 Å². The van der Waals surface area contributed by atoms with Crippen LogP contribution in [0.4, 0.5) is 5.69 Å². The van der Waals surface area contributed by atoms with E-state index in [1.165, 1.54) is 11.8 Å². The number of carbonyl (C=O) groups is 1. The Hall–Kier alpha value is -3.03. The minimum Gasteiger partial charge on any atom is -0.324 e. The van der Waals surface area contributed by atoms with Crippen molar-refractivity contribution in [3.8, 4) is 5.69 Å². The molecule has 4 aromatic rings. The van der Waals surface area contributed by atoms with E-state index in [0.717, 1.165) is 21.8 Å². The number of hydrogen-bond acceptors (Lipinski definition) is 5. The second kappa shape index (κ2) is 9.63. The number of aryl methyl sites for hydroxylation is 1. The van der Waals surface area contributed by atoms with Gasteiger partial charge < -0.3 is 5.32 Å². The van der Waals surface area contributed by atoms with Gasteiger partial charge in [-0.15, -0.1) is 11.8 Å². The molecule has 0 fully saturated rings. The number of carbonyl (C=O) groups excluding carboxylic acids is 1. The molecule has 0 aliphatic heterocycles. The summed E-state index contributed by atoms with van der Waals surface area (Å²) in [4.78, 5) is 32.2. The number of thioether (sulfide) groups is 2. The molecule has 7 heteroatoms. The van der Waals surface area contributed by atoms with Gasteiger partial charge in [-0.1, -0.05) is 54.2 Å². The molecule has 0 aliphatic rings. The summed E-state index contributed by atoms with van der Waals surface area (Å²) in [6.45, 7) is 3.78. The normalized spacial score (nSPS) is 12.0. The third-order valence-corrected chi connectivity index (χ3v) is 6.97. The topological polar surface area (TPSA) is 64.0 Å². The molecule has 1 atom stereocenters. The van der Waals surface area contributed by atoms with Crippen LogP contribution in [0.1, 0.15) is 12.5 Å². The molecule has 0 saturated carbocycles. The zero-order valence-electron chi connectivity index (χ0n) is 18.0. The van der Waals surface area contributed by atoms with Crippen LogP contribution in [0, 0.1) is 6.92 Å². The quantitative estimate of drug-likeness (QED) is 0.302. The average molecular weight is 462 g/mol. The first-order chi connectivity index (χ1) is 15.5. The molecule has 3 aromatic carbocycles. The molecule has 1 amide bonds. The first kappa shape index (κ1) is 22.2. The molecule has 4 rings (SSSR count). The van der Waals surface area contributed by atoms with Crippen molar-refractivity contribution in [2.24, 2.45) is 0 Å². The Kier molecular flexibility index (Phi) is 6.67. The van der Waals surface area contributed by atoms with Crippen molar-refractivity contribution in [2.45, 2.75) is 29.1 Å². The highest BCUT2D eigenvalue weighted by molar-refractivity contribution is 8.00. The van der Waals surface area contributed by atoms with Gasteiger partial charge in [0.05, 0.1) is 27.5 Å². The fourth-order valence-corrected chi connectivity index (χ4v) is 4.89. The van der Waals surface area contributed by atoms with E-state index >= 15 is 0 Å². The van der Waals surface area contributed by atoms with Crippen LogP contribution in [0.3, 0.4) is 0 Å². The Morgan fingerprint density at radius 1 is 1.00 bits per heavy atom. The molecular formula is C25H23N3O2S2. The largest absolute Gasteiger partial charge is 0.324 e. The number of para-hydroxylation sites is 3. The third-order valence-electron chi connectivity index (χ3n) is 5.12. The maximum absolute atomic E-state index is 13.4. The van der Waals surface area contributed by atoms with Crippen molar-refractivity contribution in [1.82, 2.24) is 9.55 Å². The molecule has 0 spiro atoms. The molecule has 1 heterocycles. The van der Waals surface area contributed by atoms with E-state index < -0.39 is 5.25 Å². The van der Waals surface area contributed by atoms with Gasteiger partial charge in [0.1, 0.15) is 0 Å². The maximum Gasteiger partial charge on any atom is 0.266 e. The molecule has 0 radical (unpaired) electrons. The third kappa shape index (κ3) is 4.45. The fourth-order valence-electron chi connectivity index (χ4n) is 3.41. The van der Waals surface area contributed by atoms with Crippen LogP contribution >= 0.6 is 23.5 Å². The number of rotatable bonds is 6. The highest BCUT2D eigenvalue weighted by Crippen LogP contribution is 2.29. The van der Waals surface area contributed by atoms with Gasteiger partial charge in [0.2, 0.25) is 5.91 Å². The zero-order valence-corrected chi connectivity index (χ0v) is 19.7. The minimum atomic E-state index is -0.465. The van der Waals surface area contributed by atoms with Gasteiger partial charge >= 0.3 is 0 Å². The summed E-state index contributed by atoms with van der Waals surface area (Å²) in [5, 5.41) is 3.58. The number of hydrogen-bond donors (Lipinski definition) is 1. The van der Waals surface area contributed by atoms with Gasteiger partial charge in [-0.3, -0.25) is 14.2 Å². The molecule has 0 bridgehead atoms. The summed E-state index contributed by atoms with van der Waals surface area (Å²) >= 11 is 2.86. The molecule has 1 unspecified atom stereocenters. The van der Waals surface area contributed by atoms with Gasteiger partial charge in [0.25, 0.3) is 5.56 Å². The first-order valence-electron chi connectivity index (χ1n) is 10.2. The number of aromatic nitrogens is 2. The zero-order chi connectivity index (χ0) is 22.7. The molecule has 0 saturated heterocycles. The van der Waals surface area contributed by atoms with Gasteiger partial charge in [-0.2, -0.15) is 0 Å². The lowest BCUT2D eigenvalue weighted by atomic mass is 10.2. The van der Waals surface area contributed by atoms with E-state index in [1.807, 2.05) is 86.8 Å². The number of nitrogens with one attached hydrogen (secondary N) is 1. The number of benzene rings is 3. The molecule has 1 aromatic heterocycles. The van der Waals surface area contributed by atoms with E-state index in [9.17, 15) is 9.59 Å². The van der Waals surface area contributed by atoms with E-state index in [2.05, 4.69) is 5.32 Å². The van der Waals surface area contributed by atoms with Crippen molar-refractivity contribution in [3.05, 3.63) is 88.7 Å². The van der Waals surface area contributed by atoms with Crippen LogP contribution in [0.15, 0.2) is 87.6 Å². The Morgan fingerprint density at radius 3 is 2.47 bits per heavy atom. The van der Waals surface area contributed by atoms with Crippen LogP contribution in [0.5, 0.6) is 0 Å². The smallest absolute Gasteiger partial charge is 0.266 e. The predicted molar refractivity (Wildman–Crippen MR) is 134 cm³/mol. The monoisotopic (exact) mass is 461 g/mol. The standard InChI is InChI=1S/C25H23N3O2S2/c1-16-10-4-8-14-21(16)28-24(30)18-11-5-6-12-19(18)27-25(28)32-17(2)23(29)26-20-13-7-9-15-22(20)31-3/h4-15,17H,1-3H3,(H,26,29). The van der Waals surface area contributed by atoms with Crippen molar-refractivity contribution < 1.29 is 4.79 Å². The summed E-state index contributed by atoms with van der Waals surface area (Å²) in [6.07, 6.45) is 1.98. The summed E-state index contributed by atoms with van der Waals surface area (Å²) in [6, 6.07) is 22.7. The van der Waals surface area contributed by atoms with E-state index in [-0.39, 0.29) is 11.5 Å². The average Bonchev–Trinajstić information content (AvgIpc) is 2.80. The Balaban J connectivity index is 1.73. The highest BCUT2D eigenvalue weighted by atomic mass is 32.2. The minimum absolute atomic E-state index is 0.143. The number of fused-ring (bicyclic) bond motifs is 1. The Bertz CT molecular complexity index is 1350. The molecular weight excluding hydrogens is 438 g/mol. The summed E-state index contributed by atoms with van der Waals surface area (Å²) < 4.78 is 1.61. The Morgan fingerprint density at radius 2 is 1.69 bits per heavy atom. The van der Waals surface area contributed by atoms with Crippen LogP contribution in [0.25, 0.3) is 16.6 Å². The molecule has 1 N–H and O–H groups in total. The van der Waals surface area contributed by atoms with E-state index in [0.29, 0.717) is 16.1 Å². The summed E-state index contributed by atoms with van der Waals surface area (Å²) in [7, 11) is 0. The second-order valence-corrected chi connectivity index (χ2v) is 9.44. The lowest BCUT2D eigenvalue weighted by Crippen LogP contribution is -2.26. The van der Waals surface area contributed by atoms with E-state index in [4.69, 9.17) is 4.98 Å². The predicted octanol–water partition coefficient (Wildman–Crippen LogP) is 5.54. The van der Waals surface area contributed by atoms with Crippen LogP contribution in [0.2, 0.25) is 0 Å². The number of anilines is 1. The maximum atomic E-state index is 13.4. The highest BCUT2D eigenvalue weighted by Gasteiger charge is 2.21. The fraction of sp³-hybridized carbons (Fsp3) is 0.160. The van der Waals surface area contributed by atoms with Crippen LogP contribution in [-0.4, -0.2) is 27.0 Å². The lowest BCUT2D eigenvalue weighted by molar-refractivity contribution is -0.115. The second-order valence-electron chi connectivity index (χ2n) is 7.29. The molecule has 0 aliphatic carbocycles. The van der Waals surface area contributed by atoms with Crippen molar-refractivity contribution >= 4 is 46.0 Å². The number of nitrogens with zero attached hydrogens (tertiary/aromatic N) is 2. The lowest BCUT2D eigenvalue weighted by Gasteiger charge is -2.18. The van der Waals surface area contributed by atoms with Crippen molar-refractivity contribution in [1.29, 1.82) is 0 Å². The SMILES string of the molecule is CSc1ccccc1NC(=O)C(C)Sc1nc2ccccc2c(=O)n1-c1ccccc1C. The van der Waals surface area contributed by atoms with Crippen molar-refractivity contribution in [3.63, 3.8) is 0 Å². The van der Waals surface area contributed by atoms with Gasteiger partial charge in [-0.25, -0.2) is 4.98 Å². The van der Waals surface area contributed by atoms with Gasteiger partial charge in [0, 0.05) is 4.90 Å². The summed E-state index contributed by atoms with van der Waals surface area (Å²) in [5.74, 6) is -0.143. The van der Waals surface area contributed by atoms with Gasteiger partial charge in [0.15, 0.2) is 5.16 Å². The first-order valence-corrected chi connectivity index (χ1v) is 12.3. The Labute approximate surface area is 195 Å². The molecule has 162 valence electrons. The number of amides is 1. The van der Waals surface area contributed by atoms with Crippen LogP contribution in [-0.2, 0) is 4.79 Å². The molecule has 5 nitrogen and oxygen atoms in total.